The fourth-order valence-corrected chi connectivity index (χ4v) is 1.70. The molecule has 1 aromatic rings. The summed E-state index contributed by atoms with van der Waals surface area (Å²) in [5.41, 5.74) is 0.728. The number of anilines is 1. The average Bonchev–Trinajstić information content (AvgIpc) is 2.22. The Morgan fingerprint density at radius 3 is 2.56 bits per heavy atom. The number of carbonyl (C=O) groups excluding carboxylic acids is 1. The normalized spacial score (nSPS) is 12.6. The number of alkyl halides is 1. The molecule has 2 nitrogen and oxygen atoms in total. The van der Waals surface area contributed by atoms with Crippen molar-refractivity contribution in [1.82, 2.24) is 0 Å². The molecule has 0 saturated heterocycles. The Balaban J connectivity index is 2.74. The number of amides is 1. The lowest BCUT2D eigenvalue weighted by Gasteiger charge is -2.14. The van der Waals surface area contributed by atoms with E-state index in [1.807, 2.05) is 13.8 Å². The maximum absolute atomic E-state index is 11.7. The van der Waals surface area contributed by atoms with E-state index in [-0.39, 0.29) is 16.7 Å². The van der Waals surface area contributed by atoms with Gasteiger partial charge in [0, 0.05) is 10.2 Å². The molecule has 0 aliphatic carbocycles. The first-order chi connectivity index (χ1) is 7.41. The summed E-state index contributed by atoms with van der Waals surface area (Å²) >= 11 is 12.5. The average molecular weight is 369 g/mol. The van der Waals surface area contributed by atoms with E-state index in [1.165, 1.54) is 0 Å². The smallest absolute Gasteiger partial charge is 0.238 e. The predicted octanol–water partition coefficient (Wildman–Crippen LogP) is 4.46. The van der Waals surface area contributed by atoms with Crippen molar-refractivity contribution < 1.29 is 4.79 Å². The number of rotatable bonds is 3. The molecule has 0 aliphatic heterocycles. The summed E-state index contributed by atoms with van der Waals surface area (Å²) in [7, 11) is 0. The molecule has 0 aliphatic rings. The van der Waals surface area contributed by atoms with E-state index in [4.69, 9.17) is 11.6 Å². The van der Waals surface area contributed by atoms with E-state index in [1.54, 1.807) is 18.2 Å². The Morgan fingerprint density at radius 2 is 2.06 bits per heavy atom. The molecular formula is C11H12Br2ClNO. The van der Waals surface area contributed by atoms with Gasteiger partial charge in [-0.3, -0.25) is 4.79 Å². The molecule has 0 heterocycles. The van der Waals surface area contributed by atoms with Crippen LogP contribution in [0.25, 0.3) is 0 Å². The minimum absolute atomic E-state index is 0.0516. The maximum atomic E-state index is 11.7. The Hall–Kier alpha value is -0.0600. The standard InChI is InChI=1S/C11H12Br2ClNO/c1-6(2)10(13)11(16)15-7-3-4-9(14)8(12)5-7/h3-6,10H,1-2H3,(H,15,16). The molecule has 1 amide bonds. The summed E-state index contributed by atoms with van der Waals surface area (Å²) in [6, 6.07) is 5.28. The number of nitrogens with one attached hydrogen (secondary N) is 1. The van der Waals surface area contributed by atoms with Crippen LogP contribution in [0.15, 0.2) is 22.7 Å². The number of benzene rings is 1. The van der Waals surface area contributed by atoms with Crippen molar-refractivity contribution in [1.29, 1.82) is 0 Å². The third-order valence-electron chi connectivity index (χ3n) is 2.02. The van der Waals surface area contributed by atoms with Gasteiger partial charge in [0.15, 0.2) is 0 Å². The molecule has 0 saturated carbocycles. The van der Waals surface area contributed by atoms with E-state index in [2.05, 4.69) is 37.2 Å². The van der Waals surface area contributed by atoms with Crippen molar-refractivity contribution in [3.8, 4) is 0 Å². The number of carbonyl (C=O) groups is 1. The monoisotopic (exact) mass is 367 g/mol. The van der Waals surface area contributed by atoms with Gasteiger partial charge in [0.05, 0.1) is 9.85 Å². The quantitative estimate of drug-likeness (QED) is 0.783. The van der Waals surface area contributed by atoms with Crippen LogP contribution in [-0.2, 0) is 4.79 Å². The molecule has 0 bridgehead atoms. The lowest BCUT2D eigenvalue weighted by molar-refractivity contribution is -0.116. The molecule has 0 radical (unpaired) electrons. The number of hydrogen-bond donors (Lipinski definition) is 1. The summed E-state index contributed by atoms with van der Waals surface area (Å²) in [6.45, 7) is 3.97. The summed E-state index contributed by atoms with van der Waals surface area (Å²) in [5, 5.41) is 3.44. The largest absolute Gasteiger partial charge is 0.325 e. The van der Waals surface area contributed by atoms with Gasteiger partial charge in [0.2, 0.25) is 5.91 Å². The Morgan fingerprint density at radius 1 is 1.44 bits per heavy atom. The highest BCUT2D eigenvalue weighted by Gasteiger charge is 2.18. The Kier molecular flexibility index (Phi) is 5.28. The highest BCUT2D eigenvalue weighted by Crippen LogP contribution is 2.26. The molecule has 1 aromatic carbocycles. The van der Waals surface area contributed by atoms with E-state index in [9.17, 15) is 4.79 Å². The van der Waals surface area contributed by atoms with Gasteiger partial charge in [-0.2, -0.15) is 0 Å². The van der Waals surface area contributed by atoms with Crippen LogP contribution >= 0.6 is 43.5 Å². The first-order valence-corrected chi connectivity index (χ1v) is 6.90. The van der Waals surface area contributed by atoms with E-state index < -0.39 is 0 Å². The van der Waals surface area contributed by atoms with E-state index >= 15 is 0 Å². The van der Waals surface area contributed by atoms with Gasteiger partial charge in [-0.1, -0.05) is 41.4 Å². The summed E-state index contributed by atoms with van der Waals surface area (Å²) in [4.78, 5) is 11.6. The number of halogens is 3. The van der Waals surface area contributed by atoms with Gasteiger partial charge in [0.1, 0.15) is 0 Å². The van der Waals surface area contributed by atoms with Crippen molar-refractivity contribution in [3.63, 3.8) is 0 Å². The van der Waals surface area contributed by atoms with Gasteiger partial charge >= 0.3 is 0 Å². The van der Waals surface area contributed by atoms with Crippen molar-refractivity contribution in [2.45, 2.75) is 18.7 Å². The zero-order valence-corrected chi connectivity index (χ0v) is 12.9. The lowest BCUT2D eigenvalue weighted by Crippen LogP contribution is -2.26. The second-order valence-electron chi connectivity index (χ2n) is 3.76. The number of hydrogen-bond acceptors (Lipinski definition) is 1. The van der Waals surface area contributed by atoms with Gasteiger partial charge in [-0.25, -0.2) is 0 Å². The molecule has 0 fully saturated rings. The van der Waals surface area contributed by atoms with Crippen molar-refractivity contribution in [2.75, 3.05) is 5.32 Å². The molecule has 88 valence electrons. The molecular weight excluding hydrogens is 357 g/mol. The fourth-order valence-electron chi connectivity index (χ4n) is 1.09. The van der Waals surface area contributed by atoms with Gasteiger partial charge in [0.25, 0.3) is 0 Å². The molecule has 16 heavy (non-hydrogen) atoms. The predicted molar refractivity (Wildman–Crippen MR) is 75.3 cm³/mol. The van der Waals surface area contributed by atoms with Crippen LogP contribution in [0.1, 0.15) is 13.8 Å². The third-order valence-corrected chi connectivity index (χ3v) is 4.71. The van der Waals surface area contributed by atoms with E-state index in [0.29, 0.717) is 5.02 Å². The zero-order chi connectivity index (χ0) is 12.3. The lowest BCUT2D eigenvalue weighted by atomic mass is 10.1. The summed E-state index contributed by atoms with van der Waals surface area (Å²) in [6.07, 6.45) is 0. The SMILES string of the molecule is CC(C)C(Br)C(=O)Nc1ccc(Cl)c(Br)c1. The van der Waals surface area contributed by atoms with Crippen LogP contribution in [0.5, 0.6) is 0 Å². The van der Waals surface area contributed by atoms with Crippen LogP contribution in [0.2, 0.25) is 5.02 Å². The minimum atomic E-state index is -0.193. The molecule has 0 spiro atoms. The molecule has 1 unspecified atom stereocenters. The first-order valence-electron chi connectivity index (χ1n) is 4.82. The van der Waals surface area contributed by atoms with Crippen LogP contribution in [-0.4, -0.2) is 10.7 Å². The van der Waals surface area contributed by atoms with E-state index in [0.717, 1.165) is 10.2 Å². The van der Waals surface area contributed by atoms with Crippen molar-refractivity contribution in [3.05, 3.63) is 27.7 Å². The molecule has 0 aromatic heterocycles. The molecule has 5 heteroatoms. The highest BCUT2D eigenvalue weighted by molar-refractivity contribution is 9.10. The summed E-state index contributed by atoms with van der Waals surface area (Å²) in [5.74, 6) is 0.194. The topological polar surface area (TPSA) is 29.1 Å². The molecule has 1 atom stereocenters. The first kappa shape index (κ1) is 14.0. The van der Waals surface area contributed by atoms with Crippen LogP contribution < -0.4 is 5.32 Å². The zero-order valence-electron chi connectivity index (χ0n) is 8.93. The van der Waals surface area contributed by atoms with Crippen molar-refractivity contribution in [2.24, 2.45) is 5.92 Å². The van der Waals surface area contributed by atoms with Gasteiger partial charge < -0.3 is 5.32 Å². The minimum Gasteiger partial charge on any atom is -0.325 e. The van der Waals surface area contributed by atoms with Crippen LogP contribution in [0.3, 0.4) is 0 Å². The second kappa shape index (κ2) is 6.03. The Labute approximate surface area is 117 Å². The highest BCUT2D eigenvalue weighted by atomic mass is 79.9. The Bertz CT molecular complexity index is 396. The van der Waals surface area contributed by atoms with Gasteiger partial charge in [-0.05, 0) is 40.0 Å². The van der Waals surface area contributed by atoms with Crippen LogP contribution in [0.4, 0.5) is 5.69 Å². The summed E-state index contributed by atoms with van der Waals surface area (Å²) < 4.78 is 0.766. The van der Waals surface area contributed by atoms with Crippen molar-refractivity contribution >= 4 is 55.1 Å². The van der Waals surface area contributed by atoms with Gasteiger partial charge in [-0.15, -0.1) is 0 Å². The third kappa shape index (κ3) is 3.75. The maximum Gasteiger partial charge on any atom is 0.238 e. The van der Waals surface area contributed by atoms with Crippen LogP contribution in [0, 0.1) is 5.92 Å². The fraction of sp³-hybridized carbons (Fsp3) is 0.364. The molecule has 1 rings (SSSR count). The molecule has 1 N–H and O–H groups in total. The second-order valence-corrected chi connectivity index (χ2v) is 6.01.